The van der Waals surface area contributed by atoms with Gasteiger partial charge in [0.15, 0.2) is 22.9 Å². The van der Waals surface area contributed by atoms with Gasteiger partial charge < -0.3 is 23.4 Å². The fourth-order valence-corrected chi connectivity index (χ4v) is 6.67. The van der Waals surface area contributed by atoms with Crippen molar-refractivity contribution in [2.75, 3.05) is 6.61 Å². The maximum atomic E-state index is 13.0. The Kier molecular flexibility index (Phi) is 9.93. The molecule has 0 amide bonds. The molecule has 9 nitrogen and oxygen atoms in total. The monoisotopic (exact) mass is 592 g/mol. The van der Waals surface area contributed by atoms with Crippen LogP contribution in [0.1, 0.15) is 53.3 Å². The predicted octanol–water partition coefficient (Wildman–Crippen LogP) is 4.79. The first-order valence-electron chi connectivity index (χ1n) is 14.0. The molecule has 1 fully saturated rings. The van der Waals surface area contributed by atoms with Crippen molar-refractivity contribution < 1.29 is 23.4 Å². The van der Waals surface area contributed by atoms with Crippen molar-refractivity contribution >= 4 is 16.6 Å². The third-order valence-corrected chi connectivity index (χ3v) is 17.6. The third-order valence-electron chi connectivity index (χ3n) is 8.60. The second-order valence-electron chi connectivity index (χ2n) is 13.8. The van der Waals surface area contributed by atoms with Crippen LogP contribution >= 0.6 is 0 Å². The molecule has 1 aliphatic rings. The Labute approximate surface area is 240 Å². The normalized spacial score (nSPS) is 23.4. The summed E-state index contributed by atoms with van der Waals surface area (Å²) in [4.78, 5) is 27.1. The molecule has 1 aromatic heterocycles. The van der Waals surface area contributed by atoms with Crippen LogP contribution in [0, 0.1) is 0 Å². The Morgan fingerprint density at radius 2 is 1.48 bits per heavy atom. The minimum Gasteiger partial charge on any atom is -0.408 e. The summed E-state index contributed by atoms with van der Waals surface area (Å²) in [5, 5.41) is 11.2. The van der Waals surface area contributed by atoms with E-state index in [4.69, 9.17) is 18.3 Å². The van der Waals surface area contributed by atoms with E-state index in [9.17, 15) is 14.7 Å². The van der Waals surface area contributed by atoms with Gasteiger partial charge in [-0.05, 0) is 41.8 Å². The number of aliphatic hydroxyl groups excluding tert-OH is 1. The number of H-pyrrole nitrogens is 1. The zero-order valence-corrected chi connectivity index (χ0v) is 27.7. The minimum atomic E-state index is -2.41. The molecule has 2 aromatic rings. The number of nitrogens with zero attached hydrogens (tertiary/aromatic N) is 1. The third kappa shape index (κ3) is 7.50. The van der Waals surface area contributed by atoms with Crippen LogP contribution in [0.15, 0.2) is 52.2 Å². The lowest BCUT2D eigenvalue weighted by Gasteiger charge is -2.44. The van der Waals surface area contributed by atoms with Gasteiger partial charge in [0.05, 0.1) is 13.2 Å². The molecule has 1 saturated heterocycles. The molecule has 2 N–H and O–H groups in total. The van der Waals surface area contributed by atoms with Gasteiger partial charge in [0.2, 0.25) is 0 Å². The molecule has 3 rings (SSSR count). The maximum absolute atomic E-state index is 13.0. The molecule has 0 aliphatic carbocycles. The lowest BCUT2D eigenvalue weighted by atomic mass is 10.1. The largest absolute Gasteiger partial charge is 0.408 e. The number of nitrogens with one attached hydrogen (secondary N) is 1. The Hall–Kier alpha value is -1.87. The zero-order valence-electron chi connectivity index (χ0n) is 25.7. The van der Waals surface area contributed by atoms with Gasteiger partial charge in [-0.2, -0.15) is 0 Å². The summed E-state index contributed by atoms with van der Waals surface area (Å²) in [6, 6.07) is 11.0. The van der Waals surface area contributed by atoms with E-state index in [-0.39, 0.29) is 16.7 Å². The second kappa shape index (κ2) is 12.2. The quantitative estimate of drug-likeness (QED) is 0.382. The van der Waals surface area contributed by atoms with Gasteiger partial charge in [-0.3, -0.25) is 14.3 Å². The Morgan fingerprint density at radius 1 is 0.925 bits per heavy atom. The number of aromatic nitrogens is 2. The molecular formula is C29H48N2O7Si2. The Bertz CT molecular complexity index is 1230. The Balaban J connectivity index is 2.03. The van der Waals surface area contributed by atoms with Gasteiger partial charge in [-0.25, -0.2) is 4.79 Å². The van der Waals surface area contributed by atoms with Crippen molar-refractivity contribution in [3.63, 3.8) is 0 Å². The summed E-state index contributed by atoms with van der Waals surface area (Å²) in [5.41, 5.74) is -0.114. The highest BCUT2D eigenvalue weighted by molar-refractivity contribution is 6.74. The number of aliphatic hydroxyl groups is 1. The molecule has 40 heavy (non-hydrogen) atoms. The first-order chi connectivity index (χ1) is 18.3. The van der Waals surface area contributed by atoms with Crippen molar-refractivity contribution in [2.45, 2.75) is 115 Å². The highest BCUT2D eigenvalue weighted by Gasteiger charge is 2.56. The van der Waals surface area contributed by atoms with Crippen LogP contribution in [0.2, 0.25) is 36.3 Å². The molecule has 2 unspecified atom stereocenters. The smallest absolute Gasteiger partial charge is 0.330 e. The van der Waals surface area contributed by atoms with E-state index in [1.165, 1.54) is 16.8 Å². The van der Waals surface area contributed by atoms with Crippen molar-refractivity contribution in [1.29, 1.82) is 0 Å². The molecule has 224 valence electrons. The number of hydrogen-bond acceptors (Lipinski definition) is 7. The SMILES string of the molecule is CC(C)(C)[Si](C)(C)O[C@@H]1[C@H](O[Si](C)(C)C(C)(C)C)C(C(O)COCc2ccccc2)O[C@H]1n1ccc(=O)[nH]c1=O. The van der Waals surface area contributed by atoms with Gasteiger partial charge >= 0.3 is 5.69 Å². The summed E-state index contributed by atoms with van der Waals surface area (Å²) >= 11 is 0. The lowest BCUT2D eigenvalue weighted by molar-refractivity contribution is -0.107. The van der Waals surface area contributed by atoms with E-state index in [2.05, 4.69) is 72.7 Å². The summed E-state index contributed by atoms with van der Waals surface area (Å²) in [6.45, 7) is 21.8. The fraction of sp³-hybridized carbons (Fsp3) is 0.655. The molecule has 5 atom stereocenters. The van der Waals surface area contributed by atoms with E-state index in [0.29, 0.717) is 6.61 Å². The van der Waals surface area contributed by atoms with Crippen LogP contribution in [0.5, 0.6) is 0 Å². The average molecular weight is 593 g/mol. The van der Waals surface area contributed by atoms with Crippen molar-refractivity contribution in [3.8, 4) is 0 Å². The molecule has 1 aliphatic heterocycles. The molecule has 0 spiro atoms. The highest BCUT2D eigenvalue weighted by Crippen LogP contribution is 2.46. The molecule has 11 heteroatoms. The highest BCUT2D eigenvalue weighted by atomic mass is 28.4. The summed E-state index contributed by atoms with van der Waals surface area (Å²) in [5.74, 6) is 0. The molecule has 2 heterocycles. The zero-order chi connectivity index (χ0) is 30.1. The summed E-state index contributed by atoms with van der Waals surface area (Å²) in [7, 11) is -4.81. The second-order valence-corrected chi connectivity index (χ2v) is 23.3. The van der Waals surface area contributed by atoms with Gasteiger partial charge in [0.25, 0.3) is 5.56 Å². The molecule has 1 aromatic carbocycles. The van der Waals surface area contributed by atoms with Crippen LogP contribution in [0.3, 0.4) is 0 Å². The summed E-state index contributed by atoms with van der Waals surface area (Å²) < 4.78 is 27.6. The average Bonchev–Trinajstić information content (AvgIpc) is 3.15. The minimum absolute atomic E-state index is 0.0109. The topological polar surface area (TPSA) is 112 Å². The van der Waals surface area contributed by atoms with Crippen molar-refractivity contribution in [1.82, 2.24) is 9.55 Å². The van der Waals surface area contributed by atoms with Crippen molar-refractivity contribution in [2.24, 2.45) is 0 Å². The van der Waals surface area contributed by atoms with E-state index in [0.717, 1.165) is 5.56 Å². The summed E-state index contributed by atoms with van der Waals surface area (Å²) in [6.07, 6.45) is -2.75. The van der Waals surface area contributed by atoms with E-state index < -0.39 is 58.5 Å². The van der Waals surface area contributed by atoms with E-state index in [1.54, 1.807) is 0 Å². The van der Waals surface area contributed by atoms with Gasteiger partial charge in [-0.1, -0.05) is 71.9 Å². The first kappa shape index (κ1) is 32.6. The van der Waals surface area contributed by atoms with E-state index in [1.807, 2.05) is 30.3 Å². The molecule has 0 radical (unpaired) electrons. The standard InChI is InChI=1S/C29H48N2O7Si2/c1-28(2,3)39(7,8)37-24-23(21(32)19-35-18-20-14-12-11-13-15-20)36-26(31-17-16-22(33)30-27(31)34)25(24)38-40(9,10)29(4,5)6/h11-17,21,23-26,32H,18-19H2,1-10H3,(H,30,33,34)/t21?,23?,24-,25-,26-/m1/s1. The first-order valence-corrected chi connectivity index (χ1v) is 19.8. The van der Waals surface area contributed by atoms with Crippen LogP contribution in [-0.2, 0) is 24.9 Å². The van der Waals surface area contributed by atoms with Crippen LogP contribution in [0.25, 0.3) is 0 Å². The van der Waals surface area contributed by atoms with Gasteiger partial charge in [-0.15, -0.1) is 0 Å². The van der Waals surface area contributed by atoms with Gasteiger partial charge in [0, 0.05) is 12.3 Å². The number of ether oxygens (including phenoxy) is 2. The predicted molar refractivity (Wildman–Crippen MR) is 161 cm³/mol. The number of rotatable bonds is 10. The number of aromatic amines is 1. The fourth-order valence-electron chi connectivity index (χ4n) is 4.09. The van der Waals surface area contributed by atoms with Gasteiger partial charge in [0.1, 0.15) is 24.4 Å². The molecule has 0 saturated carbocycles. The lowest BCUT2D eigenvalue weighted by Crippen LogP contribution is -2.55. The van der Waals surface area contributed by atoms with Crippen molar-refractivity contribution in [3.05, 3.63) is 69.0 Å². The Morgan fingerprint density at radius 3 is 2.00 bits per heavy atom. The van der Waals surface area contributed by atoms with Crippen LogP contribution in [-0.4, -0.2) is 62.3 Å². The molecular weight excluding hydrogens is 544 g/mol. The number of hydrogen-bond donors (Lipinski definition) is 2. The van der Waals surface area contributed by atoms with Crippen LogP contribution < -0.4 is 11.2 Å². The molecule has 0 bridgehead atoms. The maximum Gasteiger partial charge on any atom is 0.330 e. The van der Waals surface area contributed by atoms with Crippen LogP contribution in [0.4, 0.5) is 0 Å². The van der Waals surface area contributed by atoms with E-state index >= 15 is 0 Å². The number of benzene rings is 1.